The number of rotatable bonds is 15. The molecule has 2 rings (SSSR count). The molecule has 0 aliphatic carbocycles. The van der Waals surface area contributed by atoms with E-state index in [1.165, 1.54) is 18.2 Å². The van der Waals surface area contributed by atoms with Gasteiger partial charge in [-0.3, -0.25) is 0 Å². The smallest absolute Gasteiger partial charge is 0.343 e. The van der Waals surface area contributed by atoms with Gasteiger partial charge >= 0.3 is 17.9 Å². The molecule has 0 saturated carbocycles. The van der Waals surface area contributed by atoms with Crippen LogP contribution in [0.25, 0.3) is 6.08 Å². The van der Waals surface area contributed by atoms with E-state index in [2.05, 4.69) is 19.7 Å². The van der Waals surface area contributed by atoms with E-state index in [4.69, 9.17) is 18.9 Å². The van der Waals surface area contributed by atoms with Gasteiger partial charge in [-0.15, -0.1) is 0 Å². The number of benzene rings is 2. The van der Waals surface area contributed by atoms with Crippen molar-refractivity contribution in [2.45, 2.75) is 33.6 Å². The highest BCUT2D eigenvalue weighted by atomic mass is 16.5. The molecule has 41 heavy (non-hydrogen) atoms. The van der Waals surface area contributed by atoms with Crippen molar-refractivity contribution in [1.82, 2.24) is 0 Å². The van der Waals surface area contributed by atoms with Crippen LogP contribution in [0.2, 0.25) is 0 Å². The first kappa shape index (κ1) is 34.1. The molecule has 0 N–H and O–H groups in total. The molecule has 0 fully saturated rings. The molecule has 0 aliphatic heterocycles. The summed E-state index contributed by atoms with van der Waals surface area (Å²) in [6.07, 6.45) is 10.2. The van der Waals surface area contributed by atoms with Crippen LogP contribution in [0, 0.1) is 0 Å². The zero-order valence-corrected chi connectivity index (χ0v) is 24.0. The maximum absolute atomic E-state index is 12.5. The zero-order valence-electron chi connectivity index (χ0n) is 24.0. The van der Waals surface area contributed by atoms with Gasteiger partial charge < -0.3 is 18.9 Å². The summed E-state index contributed by atoms with van der Waals surface area (Å²) >= 11 is 0. The van der Waals surface area contributed by atoms with Crippen LogP contribution in [0.1, 0.15) is 49.5 Å². The van der Waals surface area contributed by atoms with Crippen LogP contribution in [0.15, 0.2) is 122 Å². The molecule has 0 aliphatic rings. The van der Waals surface area contributed by atoms with Gasteiger partial charge in [-0.2, -0.15) is 0 Å². The van der Waals surface area contributed by atoms with Gasteiger partial charge in [0.1, 0.15) is 17.3 Å². The molecule has 0 saturated heterocycles. The Hall–Kier alpha value is -4.91. The summed E-state index contributed by atoms with van der Waals surface area (Å²) < 4.78 is 21.2. The third-order valence-corrected chi connectivity index (χ3v) is 4.99. The molecule has 0 bridgehead atoms. The van der Waals surface area contributed by atoms with Gasteiger partial charge in [0, 0.05) is 6.08 Å². The molecule has 2 aromatic rings. The topological polar surface area (TPSA) is 88.1 Å². The summed E-state index contributed by atoms with van der Waals surface area (Å²) in [5.41, 5.74) is 1.44. The third kappa shape index (κ3) is 14.2. The van der Waals surface area contributed by atoms with E-state index < -0.39 is 17.9 Å². The molecule has 0 atom stereocenters. The van der Waals surface area contributed by atoms with Crippen LogP contribution in [-0.4, -0.2) is 31.1 Å². The van der Waals surface area contributed by atoms with E-state index in [9.17, 15) is 14.4 Å². The zero-order chi connectivity index (χ0) is 30.5. The van der Waals surface area contributed by atoms with Crippen LogP contribution in [0.5, 0.6) is 5.75 Å². The molecule has 7 nitrogen and oxygen atoms in total. The molecule has 0 aromatic heterocycles. The fourth-order valence-electron chi connectivity index (χ4n) is 2.90. The van der Waals surface area contributed by atoms with Crippen LogP contribution >= 0.6 is 0 Å². The van der Waals surface area contributed by atoms with Gasteiger partial charge in [-0.05, 0) is 73.9 Å². The molecular weight excluding hydrogens is 520 g/mol. The van der Waals surface area contributed by atoms with E-state index in [-0.39, 0.29) is 17.1 Å². The van der Waals surface area contributed by atoms with Crippen LogP contribution in [0.4, 0.5) is 0 Å². The van der Waals surface area contributed by atoms with Gasteiger partial charge in [0.15, 0.2) is 0 Å². The largest absolute Gasteiger partial charge is 0.494 e. The van der Waals surface area contributed by atoms with Crippen LogP contribution in [0.3, 0.4) is 0 Å². The summed E-state index contributed by atoms with van der Waals surface area (Å²) in [4.78, 5) is 35.7. The number of unbranched alkanes of at least 4 members (excludes halogenated alkanes) is 1. The third-order valence-electron chi connectivity index (χ3n) is 4.99. The van der Waals surface area contributed by atoms with E-state index in [0.717, 1.165) is 11.6 Å². The van der Waals surface area contributed by atoms with E-state index in [1.54, 1.807) is 43.3 Å². The Bertz CT molecular complexity index is 1250. The Morgan fingerprint density at radius 2 is 1.49 bits per heavy atom. The summed E-state index contributed by atoms with van der Waals surface area (Å²) in [6, 6.07) is 16.0. The average Bonchev–Trinajstić information content (AvgIpc) is 3.01. The van der Waals surface area contributed by atoms with E-state index >= 15 is 0 Å². The number of carbonyl (C=O) groups is 3. The number of allylic oxidation sites excluding steroid dienone is 4. The molecule has 2 aromatic carbocycles. The maximum Gasteiger partial charge on any atom is 0.343 e. The number of hydrogen-bond donors (Lipinski definition) is 0. The first-order valence-corrected chi connectivity index (χ1v) is 13.2. The van der Waals surface area contributed by atoms with Crippen molar-refractivity contribution in [3.63, 3.8) is 0 Å². The highest BCUT2D eigenvalue weighted by Gasteiger charge is 2.10. The Kier molecular flexibility index (Phi) is 16.7. The number of esters is 3. The van der Waals surface area contributed by atoms with Gasteiger partial charge in [0.2, 0.25) is 0 Å². The lowest BCUT2D eigenvalue weighted by Crippen LogP contribution is -2.06. The Morgan fingerprint density at radius 1 is 0.829 bits per heavy atom. The quantitative estimate of drug-likeness (QED) is 0.0557. The number of hydrogen-bond acceptors (Lipinski definition) is 7. The van der Waals surface area contributed by atoms with Crippen LogP contribution < -0.4 is 4.74 Å². The molecule has 216 valence electrons. The molecule has 0 spiro atoms. The molecule has 7 heteroatoms. The average molecular weight is 559 g/mol. The van der Waals surface area contributed by atoms with E-state index in [0.29, 0.717) is 37.4 Å². The minimum Gasteiger partial charge on any atom is -0.494 e. The minimum atomic E-state index is -0.597. The monoisotopic (exact) mass is 558 g/mol. The summed E-state index contributed by atoms with van der Waals surface area (Å²) in [5, 5.41) is 0. The summed E-state index contributed by atoms with van der Waals surface area (Å²) in [5.74, 6) is -0.578. The lowest BCUT2D eigenvalue weighted by atomic mass is 10.2. The van der Waals surface area contributed by atoms with Crippen LogP contribution in [-0.2, 0) is 23.8 Å². The Morgan fingerprint density at radius 3 is 2.12 bits per heavy atom. The van der Waals surface area contributed by atoms with Gasteiger partial charge in [0.25, 0.3) is 0 Å². The van der Waals surface area contributed by atoms with Crippen molar-refractivity contribution in [1.29, 1.82) is 0 Å². The molecule has 0 heterocycles. The number of ether oxygens (including phenoxy) is 4. The molecule has 0 unspecified atom stereocenters. The van der Waals surface area contributed by atoms with Gasteiger partial charge in [-0.1, -0.05) is 70.0 Å². The second-order valence-electron chi connectivity index (χ2n) is 8.05. The van der Waals surface area contributed by atoms with Crippen molar-refractivity contribution >= 4 is 24.0 Å². The SMILES string of the molecule is C=CC(=O)OCCCCOc1ccc(C(=O)O/C(C=C)=C/C=C(\C)OC(=O)C(=C)/C=C\c2ccccc2)cc1.CC. The lowest BCUT2D eigenvalue weighted by molar-refractivity contribution is -0.138. The first-order chi connectivity index (χ1) is 19.8. The van der Waals surface area contributed by atoms with Crippen molar-refractivity contribution in [2.75, 3.05) is 13.2 Å². The summed E-state index contributed by atoms with van der Waals surface area (Å²) in [7, 11) is 0. The standard InChI is InChI=1S/C32H32O7.C2H6/c1-5-28(19-15-25(4)38-31(34)24(3)14-16-26-12-8-7-9-13-26)39-32(35)27-17-20-29(21-18-27)36-22-10-11-23-37-30(33)6-2;1-2/h5-9,12-21H,1-3,10-11,22-23H2,4H3;1-2H3/b16-14-,25-15+,28-19+;. The van der Waals surface area contributed by atoms with Crippen molar-refractivity contribution in [3.05, 3.63) is 133 Å². The fraction of sp³-hybridized carbons (Fsp3) is 0.206. The number of carbonyl (C=O) groups excluding carboxylic acids is 3. The van der Waals surface area contributed by atoms with E-state index in [1.807, 2.05) is 44.2 Å². The van der Waals surface area contributed by atoms with Crippen molar-refractivity contribution < 1.29 is 33.3 Å². The Labute approximate surface area is 242 Å². The summed E-state index contributed by atoms with van der Waals surface area (Å²) in [6.45, 7) is 17.1. The molecular formula is C34H38O7. The predicted octanol–water partition coefficient (Wildman–Crippen LogP) is 7.54. The highest BCUT2D eigenvalue weighted by molar-refractivity contribution is 5.92. The van der Waals surface area contributed by atoms with Crippen molar-refractivity contribution in [2.24, 2.45) is 0 Å². The van der Waals surface area contributed by atoms with Crippen molar-refractivity contribution in [3.8, 4) is 5.75 Å². The second-order valence-corrected chi connectivity index (χ2v) is 8.05. The van der Waals surface area contributed by atoms with Gasteiger partial charge in [0.05, 0.1) is 24.4 Å². The predicted molar refractivity (Wildman–Crippen MR) is 162 cm³/mol. The van der Waals surface area contributed by atoms with Gasteiger partial charge in [-0.25, -0.2) is 14.4 Å². The molecule has 0 amide bonds. The minimum absolute atomic E-state index is 0.177. The second kappa shape index (κ2) is 20.1. The highest BCUT2D eigenvalue weighted by Crippen LogP contribution is 2.15. The lowest BCUT2D eigenvalue weighted by Gasteiger charge is -2.08. The first-order valence-electron chi connectivity index (χ1n) is 13.2. The molecule has 0 radical (unpaired) electrons. The Balaban J connectivity index is 0.00000411. The normalized spacial score (nSPS) is 11.0. The fourth-order valence-corrected chi connectivity index (χ4v) is 2.90. The maximum atomic E-state index is 12.5.